The molecule has 0 atom stereocenters. The largest absolute Gasteiger partial charge is 0.497 e. The zero-order valence-corrected chi connectivity index (χ0v) is 20.7. The molecule has 0 radical (unpaired) electrons. The van der Waals surface area contributed by atoms with Crippen LogP contribution in [0.4, 0.5) is 0 Å². The molecule has 174 valence electrons. The third-order valence-corrected chi connectivity index (χ3v) is 5.75. The Bertz CT molecular complexity index is 1240. The van der Waals surface area contributed by atoms with E-state index in [2.05, 4.69) is 6.58 Å². The van der Waals surface area contributed by atoms with E-state index in [1.165, 1.54) is 11.3 Å². The van der Waals surface area contributed by atoms with Crippen LogP contribution in [0.15, 0.2) is 64.0 Å². The van der Waals surface area contributed by atoms with Gasteiger partial charge in [0.2, 0.25) is 4.80 Å². The summed E-state index contributed by atoms with van der Waals surface area (Å²) in [7, 11) is 6.55. The minimum atomic E-state index is 0.506. The fourth-order valence-corrected chi connectivity index (χ4v) is 4.03. The highest BCUT2D eigenvalue weighted by atomic mass is 32.1. The standard InChI is InChI=1S/C25H29N3O4S/c1-16(2)14-26-25-28(27-17(3)20-12-18(29-4)8-10-23(20)31-6)22(15-33-25)21-13-19(30-5)9-11-24(21)32-7/h8-13,15H,1,14H2,2-7H3. The Balaban J connectivity index is 2.26. The molecule has 0 aliphatic carbocycles. The van der Waals surface area contributed by atoms with E-state index in [9.17, 15) is 0 Å². The van der Waals surface area contributed by atoms with Crippen molar-refractivity contribution < 1.29 is 18.9 Å². The number of benzene rings is 2. The van der Waals surface area contributed by atoms with Crippen LogP contribution in [0, 0.1) is 0 Å². The lowest BCUT2D eigenvalue weighted by molar-refractivity contribution is 0.402. The summed E-state index contributed by atoms with van der Waals surface area (Å²) in [5.74, 6) is 2.85. The summed E-state index contributed by atoms with van der Waals surface area (Å²) in [6, 6.07) is 11.3. The summed E-state index contributed by atoms with van der Waals surface area (Å²) in [4.78, 5) is 5.46. The van der Waals surface area contributed by atoms with Crippen LogP contribution in [0.25, 0.3) is 11.3 Å². The molecule has 0 fully saturated rings. The molecular weight excluding hydrogens is 438 g/mol. The monoisotopic (exact) mass is 467 g/mol. The lowest BCUT2D eigenvalue weighted by atomic mass is 10.1. The maximum Gasteiger partial charge on any atom is 0.206 e. The second-order valence-electron chi connectivity index (χ2n) is 7.31. The fourth-order valence-electron chi connectivity index (χ4n) is 3.21. The van der Waals surface area contributed by atoms with Crippen LogP contribution >= 0.6 is 11.3 Å². The van der Waals surface area contributed by atoms with Crippen molar-refractivity contribution in [1.82, 2.24) is 4.68 Å². The van der Waals surface area contributed by atoms with Gasteiger partial charge in [0.05, 0.1) is 46.4 Å². The maximum absolute atomic E-state index is 5.62. The molecule has 7 nitrogen and oxygen atoms in total. The van der Waals surface area contributed by atoms with Crippen LogP contribution in [0.1, 0.15) is 19.4 Å². The average molecular weight is 468 g/mol. The van der Waals surface area contributed by atoms with Crippen LogP contribution in [-0.4, -0.2) is 45.4 Å². The Labute approximate surface area is 198 Å². The average Bonchev–Trinajstić information content (AvgIpc) is 3.23. The second kappa shape index (κ2) is 10.9. The van der Waals surface area contributed by atoms with Gasteiger partial charge in [0, 0.05) is 16.5 Å². The Morgan fingerprint density at radius 1 is 0.909 bits per heavy atom. The van der Waals surface area contributed by atoms with Gasteiger partial charge >= 0.3 is 0 Å². The number of hydrogen-bond acceptors (Lipinski definition) is 7. The molecule has 0 aliphatic heterocycles. The summed E-state index contributed by atoms with van der Waals surface area (Å²) in [6.07, 6.45) is 0. The van der Waals surface area contributed by atoms with Crippen molar-refractivity contribution in [2.75, 3.05) is 35.0 Å². The first kappa shape index (κ1) is 24.1. The second-order valence-corrected chi connectivity index (χ2v) is 8.14. The molecule has 0 unspecified atom stereocenters. The molecule has 0 amide bonds. The van der Waals surface area contributed by atoms with Gasteiger partial charge in [-0.2, -0.15) is 5.10 Å². The molecule has 33 heavy (non-hydrogen) atoms. The van der Waals surface area contributed by atoms with Crippen molar-refractivity contribution in [2.45, 2.75) is 13.8 Å². The Morgan fingerprint density at radius 3 is 2.15 bits per heavy atom. The highest BCUT2D eigenvalue weighted by molar-refractivity contribution is 7.07. The number of hydrogen-bond donors (Lipinski definition) is 0. The molecule has 0 bridgehead atoms. The molecular formula is C25H29N3O4S. The van der Waals surface area contributed by atoms with Crippen molar-refractivity contribution in [1.29, 1.82) is 0 Å². The number of ether oxygens (including phenoxy) is 4. The van der Waals surface area contributed by atoms with Crippen molar-refractivity contribution in [3.63, 3.8) is 0 Å². The van der Waals surface area contributed by atoms with Gasteiger partial charge in [-0.1, -0.05) is 12.2 Å². The van der Waals surface area contributed by atoms with E-state index >= 15 is 0 Å². The van der Waals surface area contributed by atoms with Crippen molar-refractivity contribution >= 4 is 17.0 Å². The highest BCUT2D eigenvalue weighted by Gasteiger charge is 2.16. The molecule has 0 N–H and O–H groups in total. The van der Waals surface area contributed by atoms with E-state index in [0.29, 0.717) is 18.0 Å². The summed E-state index contributed by atoms with van der Waals surface area (Å²) in [5.41, 5.74) is 4.20. The number of nitrogens with zero attached hydrogens (tertiary/aromatic N) is 3. The summed E-state index contributed by atoms with van der Waals surface area (Å²) in [5, 5.41) is 6.95. The predicted octanol–water partition coefficient (Wildman–Crippen LogP) is 5.00. The van der Waals surface area contributed by atoms with Crippen LogP contribution in [0.2, 0.25) is 0 Å². The third kappa shape index (κ3) is 5.46. The zero-order valence-electron chi connectivity index (χ0n) is 19.8. The van der Waals surface area contributed by atoms with Gasteiger partial charge in [-0.25, -0.2) is 4.68 Å². The quantitative estimate of drug-likeness (QED) is 0.328. The first-order valence-electron chi connectivity index (χ1n) is 10.3. The van der Waals surface area contributed by atoms with E-state index in [4.69, 9.17) is 29.0 Å². The highest BCUT2D eigenvalue weighted by Crippen LogP contribution is 2.34. The molecule has 2 aromatic carbocycles. The molecule has 0 spiro atoms. The van der Waals surface area contributed by atoms with Crippen LogP contribution in [0.3, 0.4) is 0 Å². The Kier molecular flexibility index (Phi) is 7.95. The first-order chi connectivity index (χ1) is 15.9. The summed E-state index contributed by atoms with van der Waals surface area (Å²) < 4.78 is 23.9. The normalized spacial score (nSPS) is 11.9. The van der Waals surface area contributed by atoms with E-state index in [-0.39, 0.29) is 0 Å². The number of thiazole rings is 1. The van der Waals surface area contributed by atoms with Crippen molar-refractivity contribution in [3.05, 3.63) is 64.3 Å². The first-order valence-corrected chi connectivity index (χ1v) is 11.2. The molecule has 0 aliphatic rings. The van der Waals surface area contributed by atoms with Gasteiger partial charge in [0.15, 0.2) is 0 Å². The minimum Gasteiger partial charge on any atom is -0.497 e. The zero-order chi connectivity index (χ0) is 24.0. The Morgan fingerprint density at radius 2 is 1.55 bits per heavy atom. The van der Waals surface area contributed by atoms with Gasteiger partial charge in [-0.3, -0.25) is 4.99 Å². The fraction of sp³-hybridized carbons (Fsp3) is 0.280. The van der Waals surface area contributed by atoms with Crippen LogP contribution < -0.4 is 23.7 Å². The molecule has 8 heteroatoms. The SMILES string of the molecule is C=C(C)CN=c1scc(-c2cc(OC)ccc2OC)n1N=C(C)c1cc(OC)ccc1OC. The molecule has 0 saturated heterocycles. The smallest absolute Gasteiger partial charge is 0.206 e. The van der Waals surface area contributed by atoms with E-state index < -0.39 is 0 Å². The Hall–Kier alpha value is -3.52. The van der Waals surface area contributed by atoms with Gasteiger partial charge in [0.1, 0.15) is 23.0 Å². The lowest BCUT2D eigenvalue weighted by Gasteiger charge is -2.13. The van der Waals surface area contributed by atoms with Gasteiger partial charge in [0.25, 0.3) is 0 Å². The summed E-state index contributed by atoms with van der Waals surface area (Å²) >= 11 is 1.50. The summed E-state index contributed by atoms with van der Waals surface area (Å²) in [6.45, 7) is 8.35. The van der Waals surface area contributed by atoms with Crippen LogP contribution in [0.5, 0.6) is 23.0 Å². The molecule has 0 saturated carbocycles. The lowest BCUT2D eigenvalue weighted by Crippen LogP contribution is -2.15. The topological polar surface area (TPSA) is 66.6 Å². The predicted molar refractivity (Wildman–Crippen MR) is 133 cm³/mol. The minimum absolute atomic E-state index is 0.506. The van der Waals surface area contributed by atoms with Gasteiger partial charge in [-0.15, -0.1) is 11.3 Å². The van der Waals surface area contributed by atoms with E-state index in [1.54, 1.807) is 28.4 Å². The molecule has 3 rings (SSSR count). The van der Waals surface area contributed by atoms with Crippen LogP contribution in [-0.2, 0) is 0 Å². The third-order valence-electron chi connectivity index (χ3n) is 4.90. The van der Waals surface area contributed by atoms with Gasteiger partial charge < -0.3 is 18.9 Å². The number of methoxy groups -OCH3 is 4. The van der Waals surface area contributed by atoms with E-state index in [1.807, 2.05) is 60.3 Å². The maximum atomic E-state index is 5.62. The molecule has 1 aromatic heterocycles. The number of rotatable bonds is 9. The van der Waals surface area contributed by atoms with Crippen molar-refractivity contribution in [2.24, 2.45) is 10.1 Å². The van der Waals surface area contributed by atoms with Crippen molar-refractivity contribution in [3.8, 4) is 34.3 Å². The van der Waals surface area contributed by atoms with E-state index in [0.717, 1.165) is 44.4 Å². The van der Waals surface area contributed by atoms with Gasteiger partial charge in [-0.05, 0) is 50.2 Å². The molecule has 3 aromatic rings. The molecule has 1 heterocycles. The number of aromatic nitrogens is 1.